The summed E-state index contributed by atoms with van der Waals surface area (Å²) in [4.78, 5) is 28.7. The molecule has 0 spiro atoms. The van der Waals surface area contributed by atoms with Crippen molar-refractivity contribution >= 4 is 23.2 Å². The third-order valence-corrected chi connectivity index (χ3v) is 4.49. The third kappa shape index (κ3) is 5.14. The van der Waals surface area contributed by atoms with Gasteiger partial charge in [0.05, 0.1) is 31.9 Å². The lowest BCUT2D eigenvalue weighted by Crippen LogP contribution is -2.15. The van der Waals surface area contributed by atoms with Crippen molar-refractivity contribution < 1.29 is 19.1 Å². The number of pyridine rings is 1. The van der Waals surface area contributed by atoms with Crippen molar-refractivity contribution in [2.75, 3.05) is 24.9 Å². The number of benzene rings is 2. The fourth-order valence-electron chi connectivity index (χ4n) is 2.93. The fraction of sp³-hybridized carbons (Fsp3) is 0.174. The smallest absolute Gasteiger partial charge is 0.257 e. The number of amides is 2. The lowest BCUT2D eigenvalue weighted by atomic mass is 10.1. The largest absolute Gasteiger partial charge is 0.496 e. The van der Waals surface area contributed by atoms with Gasteiger partial charge in [0.1, 0.15) is 11.5 Å². The molecule has 0 saturated heterocycles. The molecule has 30 heavy (non-hydrogen) atoms. The Hall–Kier alpha value is -3.87. The van der Waals surface area contributed by atoms with Crippen LogP contribution >= 0.6 is 0 Å². The van der Waals surface area contributed by atoms with Crippen molar-refractivity contribution in [2.45, 2.75) is 13.3 Å². The summed E-state index contributed by atoms with van der Waals surface area (Å²) in [5.41, 5.74) is 3.35. The number of hydrogen-bond acceptors (Lipinski definition) is 5. The van der Waals surface area contributed by atoms with E-state index in [1.165, 1.54) is 13.3 Å². The van der Waals surface area contributed by atoms with Gasteiger partial charge in [0.15, 0.2) is 0 Å². The van der Waals surface area contributed by atoms with Crippen molar-refractivity contribution in [3.05, 3.63) is 77.6 Å². The van der Waals surface area contributed by atoms with E-state index in [0.29, 0.717) is 22.7 Å². The van der Waals surface area contributed by atoms with Crippen molar-refractivity contribution in [3.63, 3.8) is 0 Å². The third-order valence-electron chi connectivity index (χ3n) is 4.49. The molecule has 1 aromatic heterocycles. The lowest BCUT2D eigenvalue weighted by molar-refractivity contribution is -0.115. The van der Waals surface area contributed by atoms with Crippen LogP contribution < -0.4 is 20.1 Å². The molecule has 154 valence electrons. The Balaban J connectivity index is 1.68. The van der Waals surface area contributed by atoms with Crippen LogP contribution in [-0.4, -0.2) is 31.0 Å². The van der Waals surface area contributed by atoms with Gasteiger partial charge in [-0.15, -0.1) is 0 Å². The second-order valence-electron chi connectivity index (χ2n) is 6.64. The highest BCUT2D eigenvalue weighted by molar-refractivity contribution is 6.05. The number of anilines is 2. The first-order valence-electron chi connectivity index (χ1n) is 9.33. The second-order valence-corrected chi connectivity index (χ2v) is 6.64. The topological polar surface area (TPSA) is 89.6 Å². The molecule has 2 aromatic carbocycles. The molecule has 0 bridgehead atoms. The van der Waals surface area contributed by atoms with Gasteiger partial charge in [0.25, 0.3) is 5.91 Å². The van der Waals surface area contributed by atoms with Gasteiger partial charge in [0.2, 0.25) is 5.91 Å². The van der Waals surface area contributed by atoms with Crippen LogP contribution in [-0.2, 0) is 11.2 Å². The van der Waals surface area contributed by atoms with Gasteiger partial charge in [-0.3, -0.25) is 14.6 Å². The standard InChI is InChI=1S/C23H23N3O4/c1-15-6-7-16(11-20(15)29-2)12-22(27)25-18-8-9-19(21(13-18)30-3)26-23(28)17-5-4-10-24-14-17/h4-11,13-14H,12H2,1-3H3,(H,25,27)(H,26,28). The van der Waals surface area contributed by atoms with Crippen molar-refractivity contribution in [2.24, 2.45) is 0 Å². The summed E-state index contributed by atoms with van der Waals surface area (Å²) in [6.45, 7) is 1.95. The molecular weight excluding hydrogens is 382 g/mol. The second kappa shape index (κ2) is 9.56. The number of nitrogens with zero attached hydrogens (tertiary/aromatic N) is 1. The zero-order valence-corrected chi connectivity index (χ0v) is 17.1. The Morgan fingerprint density at radius 3 is 2.47 bits per heavy atom. The SMILES string of the molecule is COc1cc(CC(=O)Nc2ccc(NC(=O)c3cccnc3)c(OC)c2)ccc1C. The maximum Gasteiger partial charge on any atom is 0.257 e. The molecule has 0 aliphatic carbocycles. The van der Waals surface area contributed by atoms with Crippen LogP contribution in [0, 0.1) is 6.92 Å². The summed E-state index contributed by atoms with van der Waals surface area (Å²) in [7, 11) is 3.10. The molecule has 1 heterocycles. The van der Waals surface area contributed by atoms with Crippen LogP contribution in [0.3, 0.4) is 0 Å². The number of aromatic nitrogens is 1. The van der Waals surface area contributed by atoms with Crippen LogP contribution in [0.25, 0.3) is 0 Å². The van der Waals surface area contributed by atoms with Crippen LogP contribution in [0.1, 0.15) is 21.5 Å². The molecule has 2 amide bonds. The van der Waals surface area contributed by atoms with Gasteiger partial charge in [-0.2, -0.15) is 0 Å². The molecule has 3 rings (SSSR count). The molecule has 7 heteroatoms. The molecule has 2 N–H and O–H groups in total. The maximum absolute atomic E-state index is 12.4. The number of rotatable bonds is 7. The van der Waals surface area contributed by atoms with Gasteiger partial charge in [-0.1, -0.05) is 12.1 Å². The zero-order chi connectivity index (χ0) is 21.5. The summed E-state index contributed by atoms with van der Waals surface area (Å²) >= 11 is 0. The van der Waals surface area contributed by atoms with E-state index in [0.717, 1.165) is 16.9 Å². The first-order chi connectivity index (χ1) is 14.5. The minimum Gasteiger partial charge on any atom is -0.496 e. The van der Waals surface area contributed by atoms with Gasteiger partial charge >= 0.3 is 0 Å². The number of aryl methyl sites for hydroxylation is 1. The molecule has 0 radical (unpaired) electrons. The van der Waals surface area contributed by atoms with Crippen LogP contribution in [0.15, 0.2) is 60.9 Å². The maximum atomic E-state index is 12.4. The number of carbonyl (C=O) groups excluding carboxylic acids is 2. The first kappa shape index (κ1) is 20.9. The Labute approximate surface area is 175 Å². The van der Waals surface area contributed by atoms with Crippen molar-refractivity contribution in [3.8, 4) is 11.5 Å². The highest BCUT2D eigenvalue weighted by Crippen LogP contribution is 2.28. The van der Waals surface area contributed by atoms with E-state index in [4.69, 9.17) is 9.47 Å². The number of carbonyl (C=O) groups is 2. The monoisotopic (exact) mass is 405 g/mol. The van der Waals surface area contributed by atoms with Crippen LogP contribution in [0.4, 0.5) is 11.4 Å². The van der Waals surface area contributed by atoms with E-state index in [2.05, 4.69) is 15.6 Å². The lowest BCUT2D eigenvalue weighted by Gasteiger charge is -2.13. The number of nitrogens with one attached hydrogen (secondary N) is 2. The van der Waals surface area contributed by atoms with E-state index in [9.17, 15) is 9.59 Å². The Morgan fingerprint density at radius 2 is 1.77 bits per heavy atom. The molecular formula is C23H23N3O4. The number of methoxy groups -OCH3 is 2. The molecule has 0 fully saturated rings. The van der Waals surface area contributed by atoms with Gasteiger partial charge in [-0.05, 0) is 48.4 Å². The minimum atomic E-state index is -0.300. The predicted molar refractivity (Wildman–Crippen MR) is 115 cm³/mol. The number of hydrogen-bond donors (Lipinski definition) is 2. The van der Waals surface area contributed by atoms with Crippen LogP contribution in [0.5, 0.6) is 11.5 Å². The molecule has 0 unspecified atom stereocenters. The summed E-state index contributed by atoms with van der Waals surface area (Å²) in [5, 5.41) is 5.63. The normalized spacial score (nSPS) is 10.2. The fourth-order valence-corrected chi connectivity index (χ4v) is 2.93. The molecule has 0 aliphatic heterocycles. The number of ether oxygens (including phenoxy) is 2. The molecule has 7 nitrogen and oxygen atoms in total. The molecule has 0 atom stereocenters. The van der Waals surface area contributed by atoms with Gasteiger partial charge < -0.3 is 20.1 Å². The quantitative estimate of drug-likeness (QED) is 0.623. The van der Waals surface area contributed by atoms with Gasteiger partial charge in [-0.25, -0.2) is 0 Å². The average molecular weight is 405 g/mol. The Morgan fingerprint density at radius 1 is 0.967 bits per heavy atom. The van der Waals surface area contributed by atoms with Crippen molar-refractivity contribution in [1.29, 1.82) is 0 Å². The van der Waals surface area contributed by atoms with Crippen LogP contribution in [0.2, 0.25) is 0 Å². The van der Waals surface area contributed by atoms with E-state index in [-0.39, 0.29) is 18.2 Å². The van der Waals surface area contributed by atoms with E-state index < -0.39 is 0 Å². The average Bonchev–Trinajstić information content (AvgIpc) is 2.76. The molecule has 0 saturated carbocycles. The predicted octanol–water partition coefficient (Wildman–Crippen LogP) is 3.84. The molecule has 0 aliphatic rings. The first-order valence-corrected chi connectivity index (χ1v) is 9.33. The highest BCUT2D eigenvalue weighted by Gasteiger charge is 2.12. The summed E-state index contributed by atoms with van der Waals surface area (Å²) in [6.07, 6.45) is 3.29. The Kier molecular flexibility index (Phi) is 6.64. The molecule has 3 aromatic rings. The summed E-state index contributed by atoms with van der Waals surface area (Å²) in [5.74, 6) is 0.708. The minimum absolute atomic E-state index is 0.171. The van der Waals surface area contributed by atoms with E-state index in [1.807, 2.05) is 25.1 Å². The Bertz CT molecular complexity index is 1050. The van der Waals surface area contributed by atoms with Gasteiger partial charge in [0, 0.05) is 24.1 Å². The van der Waals surface area contributed by atoms with E-state index >= 15 is 0 Å². The summed E-state index contributed by atoms with van der Waals surface area (Å²) in [6, 6.07) is 14.1. The summed E-state index contributed by atoms with van der Waals surface area (Å²) < 4.78 is 10.7. The van der Waals surface area contributed by atoms with E-state index in [1.54, 1.807) is 43.6 Å². The van der Waals surface area contributed by atoms with Crippen molar-refractivity contribution in [1.82, 2.24) is 4.98 Å². The zero-order valence-electron chi connectivity index (χ0n) is 17.1. The highest BCUT2D eigenvalue weighted by atomic mass is 16.5.